The number of ether oxygens (including phenoxy) is 1. The van der Waals surface area contributed by atoms with Crippen LogP contribution in [0.15, 0.2) is 18.2 Å². The highest BCUT2D eigenvalue weighted by molar-refractivity contribution is 6.32. The minimum atomic E-state index is -0.923. The van der Waals surface area contributed by atoms with E-state index in [1.165, 1.54) is 17.0 Å². The Morgan fingerprint density at radius 1 is 1.24 bits per heavy atom. The number of nitrogens with zero attached hydrogens (tertiary/aromatic N) is 4. The first-order valence-corrected chi connectivity index (χ1v) is 7.41. The van der Waals surface area contributed by atoms with Gasteiger partial charge in [-0.1, -0.05) is 11.6 Å². The summed E-state index contributed by atoms with van der Waals surface area (Å²) in [6.07, 6.45) is 0.156. The van der Waals surface area contributed by atoms with Crippen molar-refractivity contribution in [2.75, 3.05) is 19.7 Å². The average molecular weight is 365 g/mol. The van der Waals surface area contributed by atoms with Crippen molar-refractivity contribution in [3.63, 3.8) is 0 Å². The van der Waals surface area contributed by atoms with Crippen molar-refractivity contribution < 1.29 is 19.2 Å². The largest absolute Gasteiger partial charge is 0.452 e. The molecule has 0 bridgehead atoms. The molecule has 0 unspecified atom stereocenters. The molecule has 1 aromatic rings. The van der Waals surface area contributed by atoms with E-state index in [9.17, 15) is 19.7 Å². The van der Waals surface area contributed by atoms with E-state index >= 15 is 0 Å². The van der Waals surface area contributed by atoms with Crippen molar-refractivity contribution in [1.29, 1.82) is 10.5 Å². The third-order valence-corrected chi connectivity index (χ3v) is 3.36. The van der Waals surface area contributed by atoms with Gasteiger partial charge in [-0.2, -0.15) is 10.5 Å². The van der Waals surface area contributed by atoms with Crippen LogP contribution in [0.5, 0.6) is 0 Å². The Morgan fingerprint density at radius 3 is 2.36 bits per heavy atom. The molecule has 0 aliphatic heterocycles. The van der Waals surface area contributed by atoms with Gasteiger partial charge in [0.05, 0.1) is 35.5 Å². The summed E-state index contributed by atoms with van der Waals surface area (Å²) in [5, 5.41) is 27.8. The number of nitriles is 2. The number of esters is 1. The lowest BCUT2D eigenvalue weighted by Crippen LogP contribution is -2.36. The number of nitro benzene ring substituents is 1. The molecule has 0 spiro atoms. The van der Waals surface area contributed by atoms with Gasteiger partial charge in [0.15, 0.2) is 6.61 Å². The maximum absolute atomic E-state index is 12.0. The highest BCUT2D eigenvalue weighted by Crippen LogP contribution is 2.25. The normalized spacial score (nSPS) is 9.56. The molecule has 1 amide bonds. The maximum Gasteiger partial charge on any atom is 0.338 e. The fourth-order valence-corrected chi connectivity index (χ4v) is 2.00. The summed E-state index contributed by atoms with van der Waals surface area (Å²) in [4.78, 5) is 35.3. The van der Waals surface area contributed by atoms with Crippen LogP contribution in [0.3, 0.4) is 0 Å². The van der Waals surface area contributed by atoms with Crippen molar-refractivity contribution in [2.24, 2.45) is 0 Å². The number of hydrogen-bond donors (Lipinski definition) is 0. The highest BCUT2D eigenvalue weighted by Gasteiger charge is 2.19. The molecule has 0 heterocycles. The van der Waals surface area contributed by atoms with Crippen molar-refractivity contribution >= 4 is 29.2 Å². The number of carbonyl (C=O) groups excluding carboxylic acids is 2. The molecular weight excluding hydrogens is 352 g/mol. The van der Waals surface area contributed by atoms with Gasteiger partial charge in [0, 0.05) is 19.2 Å². The Hall–Kier alpha value is -3.17. The summed E-state index contributed by atoms with van der Waals surface area (Å²) >= 11 is 5.65. The molecule has 0 aromatic heterocycles. The van der Waals surface area contributed by atoms with Crippen molar-refractivity contribution in [1.82, 2.24) is 4.90 Å². The van der Waals surface area contributed by atoms with Crippen LogP contribution >= 0.6 is 11.6 Å². The molecule has 9 nitrogen and oxygen atoms in total. The number of halogens is 1. The Morgan fingerprint density at radius 2 is 1.84 bits per heavy atom. The van der Waals surface area contributed by atoms with E-state index in [-0.39, 0.29) is 36.5 Å². The highest BCUT2D eigenvalue weighted by atomic mass is 35.5. The molecule has 0 atom stereocenters. The zero-order chi connectivity index (χ0) is 18.8. The third-order valence-electron chi connectivity index (χ3n) is 3.05. The van der Waals surface area contributed by atoms with Gasteiger partial charge in [0.25, 0.3) is 11.6 Å². The van der Waals surface area contributed by atoms with E-state index in [0.717, 1.165) is 6.07 Å². The second kappa shape index (κ2) is 9.85. The van der Waals surface area contributed by atoms with Crippen molar-refractivity contribution in [3.8, 4) is 12.1 Å². The van der Waals surface area contributed by atoms with E-state index in [0.29, 0.717) is 0 Å². The molecule has 0 radical (unpaired) electrons. The molecule has 0 aliphatic carbocycles. The predicted molar refractivity (Wildman–Crippen MR) is 85.4 cm³/mol. The average Bonchev–Trinajstić information content (AvgIpc) is 2.59. The summed E-state index contributed by atoms with van der Waals surface area (Å²) in [5.74, 6) is -1.49. The van der Waals surface area contributed by atoms with E-state index in [4.69, 9.17) is 26.9 Å². The fraction of sp³-hybridized carbons (Fsp3) is 0.333. The Bertz CT molecular complexity index is 735. The van der Waals surface area contributed by atoms with E-state index in [1.54, 1.807) is 0 Å². The smallest absolute Gasteiger partial charge is 0.338 e. The van der Waals surface area contributed by atoms with Crippen LogP contribution in [-0.4, -0.2) is 41.4 Å². The quantitative estimate of drug-likeness (QED) is 0.391. The lowest BCUT2D eigenvalue weighted by atomic mass is 10.2. The van der Waals surface area contributed by atoms with Gasteiger partial charge in [-0.05, 0) is 12.1 Å². The van der Waals surface area contributed by atoms with Crippen LogP contribution in [0, 0.1) is 32.8 Å². The maximum atomic E-state index is 12.0. The lowest BCUT2D eigenvalue weighted by Gasteiger charge is -2.20. The van der Waals surface area contributed by atoms with E-state index < -0.39 is 29.1 Å². The van der Waals surface area contributed by atoms with Gasteiger partial charge in [-0.3, -0.25) is 14.9 Å². The third kappa shape index (κ3) is 6.09. The molecule has 130 valence electrons. The molecule has 1 rings (SSSR count). The number of carbonyl (C=O) groups is 2. The Labute approximate surface area is 148 Å². The predicted octanol–water partition coefficient (Wildman–Crippen LogP) is 2.06. The standard InChI is InChI=1S/C15H13ClN4O5/c16-12-4-3-11(9-13(12)20(23)24)15(22)25-10-14(21)19(7-1-5-17)8-2-6-18/h3-4,9H,1-2,7-8,10H2. The number of benzene rings is 1. The van der Waals surface area contributed by atoms with Crippen LogP contribution < -0.4 is 0 Å². The zero-order valence-electron chi connectivity index (χ0n) is 13.0. The molecule has 1 aromatic carbocycles. The topological polar surface area (TPSA) is 137 Å². The molecule has 0 saturated carbocycles. The minimum Gasteiger partial charge on any atom is -0.452 e. The number of amides is 1. The number of rotatable bonds is 8. The van der Waals surface area contributed by atoms with E-state index in [2.05, 4.69) is 0 Å². The van der Waals surface area contributed by atoms with Gasteiger partial charge >= 0.3 is 5.97 Å². The molecule has 10 heteroatoms. The number of hydrogen-bond acceptors (Lipinski definition) is 7. The fourth-order valence-electron chi connectivity index (χ4n) is 1.81. The van der Waals surface area contributed by atoms with Gasteiger partial charge < -0.3 is 9.64 Å². The summed E-state index contributed by atoms with van der Waals surface area (Å²) < 4.78 is 4.84. The van der Waals surface area contributed by atoms with Gasteiger partial charge in [0.1, 0.15) is 5.02 Å². The first-order chi connectivity index (χ1) is 11.9. The number of nitro groups is 1. The zero-order valence-corrected chi connectivity index (χ0v) is 13.7. The molecule has 0 saturated heterocycles. The summed E-state index contributed by atoms with van der Waals surface area (Å²) in [6, 6.07) is 7.15. The molecule has 0 aliphatic rings. The van der Waals surface area contributed by atoms with Crippen molar-refractivity contribution in [2.45, 2.75) is 12.8 Å². The summed E-state index contributed by atoms with van der Waals surface area (Å²) in [6.45, 7) is -0.381. The van der Waals surface area contributed by atoms with Crippen LogP contribution in [0.2, 0.25) is 5.02 Å². The summed E-state index contributed by atoms with van der Waals surface area (Å²) in [5.41, 5.74) is -0.573. The Kier molecular flexibility index (Phi) is 7.83. The van der Waals surface area contributed by atoms with Crippen LogP contribution in [0.25, 0.3) is 0 Å². The first kappa shape index (κ1) is 19.9. The molecular formula is C15H13ClN4O5. The second-order valence-electron chi connectivity index (χ2n) is 4.70. The first-order valence-electron chi connectivity index (χ1n) is 7.03. The summed E-state index contributed by atoms with van der Waals surface area (Å²) in [7, 11) is 0. The van der Waals surface area contributed by atoms with Gasteiger partial charge in [-0.25, -0.2) is 4.79 Å². The van der Waals surface area contributed by atoms with Gasteiger partial charge in [-0.15, -0.1) is 0 Å². The lowest BCUT2D eigenvalue weighted by molar-refractivity contribution is -0.384. The minimum absolute atomic E-state index is 0.0779. The monoisotopic (exact) mass is 364 g/mol. The van der Waals surface area contributed by atoms with Crippen LogP contribution in [-0.2, 0) is 9.53 Å². The van der Waals surface area contributed by atoms with Crippen LogP contribution in [0.4, 0.5) is 5.69 Å². The van der Waals surface area contributed by atoms with Crippen LogP contribution in [0.1, 0.15) is 23.2 Å². The van der Waals surface area contributed by atoms with Gasteiger partial charge in [0.2, 0.25) is 0 Å². The molecule has 25 heavy (non-hydrogen) atoms. The Balaban J connectivity index is 2.72. The SMILES string of the molecule is N#CCCN(CCC#N)C(=O)COC(=O)c1ccc(Cl)c([N+](=O)[O-])c1. The second-order valence-corrected chi connectivity index (χ2v) is 5.10. The molecule has 0 fully saturated rings. The van der Waals surface area contributed by atoms with E-state index in [1.807, 2.05) is 12.1 Å². The molecule has 0 N–H and O–H groups in total. The van der Waals surface area contributed by atoms with Crippen molar-refractivity contribution in [3.05, 3.63) is 38.9 Å².